The molecule has 29 heavy (non-hydrogen) atoms. The van der Waals surface area contributed by atoms with Crippen molar-refractivity contribution in [2.45, 2.75) is 4.90 Å². The first-order chi connectivity index (χ1) is 13.8. The third-order valence-corrected chi connectivity index (χ3v) is 5.84. The zero-order valence-corrected chi connectivity index (χ0v) is 17.0. The van der Waals surface area contributed by atoms with Gasteiger partial charge in [-0.2, -0.15) is 5.26 Å². The number of nitrogens with one attached hydrogen (secondary N) is 2. The average Bonchev–Trinajstić information content (AvgIpc) is 2.68. The third kappa shape index (κ3) is 4.87. The van der Waals surface area contributed by atoms with Gasteiger partial charge in [0.05, 0.1) is 32.1 Å². The Kier molecular flexibility index (Phi) is 6.09. The molecule has 6 nitrogen and oxygen atoms in total. The van der Waals surface area contributed by atoms with Crippen molar-refractivity contribution in [1.29, 1.82) is 5.26 Å². The van der Waals surface area contributed by atoms with Gasteiger partial charge in [0.1, 0.15) is 0 Å². The van der Waals surface area contributed by atoms with E-state index in [4.69, 9.17) is 28.5 Å². The van der Waals surface area contributed by atoms with Crippen molar-refractivity contribution in [3.63, 3.8) is 0 Å². The quantitative estimate of drug-likeness (QED) is 0.581. The molecular formula is C20H13Cl2N3O3S. The Hall–Kier alpha value is -3.05. The van der Waals surface area contributed by atoms with Crippen molar-refractivity contribution in [2.24, 2.45) is 0 Å². The number of hydrogen-bond acceptors (Lipinski definition) is 4. The second-order valence-corrected chi connectivity index (χ2v) is 8.37. The highest BCUT2D eigenvalue weighted by atomic mass is 35.5. The van der Waals surface area contributed by atoms with E-state index >= 15 is 0 Å². The largest absolute Gasteiger partial charge is 0.322 e. The Balaban J connectivity index is 1.77. The van der Waals surface area contributed by atoms with Crippen LogP contribution in [0.2, 0.25) is 10.0 Å². The van der Waals surface area contributed by atoms with E-state index < -0.39 is 15.9 Å². The summed E-state index contributed by atoms with van der Waals surface area (Å²) < 4.78 is 27.4. The molecule has 0 heterocycles. The van der Waals surface area contributed by atoms with Gasteiger partial charge >= 0.3 is 0 Å². The van der Waals surface area contributed by atoms with Crippen LogP contribution in [0.4, 0.5) is 11.4 Å². The summed E-state index contributed by atoms with van der Waals surface area (Å²) >= 11 is 12.1. The van der Waals surface area contributed by atoms with Gasteiger partial charge in [-0.05, 0) is 48.5 Å². The number of nitrogens with zero attached hydrogens (tertiary/aromatic N) is 1. The standard InChI is InChI=1S/C20H13Cl2N3O3S/c21-17-10-13(12-23)11-18(22)19(17)20(26)24-14-6-8-16(9-7-14)29(27,28)25-15-4-2-1-3-5-15/h1-11,25H,(H,24,26). The maximum absolute atomic E-state index is 12.5. The lowest BCUT2D eigenvalue weighted by Gasteiger charge is -2.11. The number of benzene rings is 3. The number of halogens is 2. The van der Waals surface area contributed by atoms with Gasteiger partial charge in [0.25, 0.3) is 15.9 Å². The van der Waals surface area contributed by atoms with Crippen molar-refractivity contribution in [1.82, 2.24) is 0 Å². The van der Waals surface area contributed by atoms with Crippen molar-refractivity contribution < 1.29 is 13.2 Å². The number of carbonyl (C=O) groups is 1. The summed E-state index contributed by atoms with van der Waals surface area (Å²) in [7, 11) is -3.77. The molecule has 1 amide bonds. The van der Waals surface area contributed by atoms with E-state index in [2.05, 4.69) is 10.0 Å². The van der Waals surface area contributed by atoms with Crippen LogP contribution in [0.25, 0.3) is 0 Å². The minimum Gasteiger partial charge on any atom is -0.322 e. The van der Waals surface area contributed by atoms with E-state index in [0.29, 0.717) is 11.4 Å². The van der Waals surface area contributed by atoms with Crippen LogP contribution in [0.3, 0.4) is 0 Å². The molecule has 0 aliphatic rings. The molecule has 3 aromatic carbocycles. The lowest BCUT2D eigenvalue weighted by Crippen LogP contribution is -2.15. The second-order valence-electron chi connectivity index (χ2n) is 5.88. The highest BCUT2D eigenvalue weighted by Gasteiger charge is 2.18. The molecule has 0 atom stereocenters. The zero-order valence-electron chi connectivity index (χ0n) is 14.7. The number of carbonyl (C=O) groups excluding carboxylic acids is 1. The first-order valence-electron chi connectivity index (χ1n) is 8.18. The van der Waals surface area contributed by atoms with Crippen molar-refractivity contribution in [3.8, 4) is 6.07 Å². The molecule has 2 N–H and O–H groups in total. The molecule has 0 aliphatic heterocycles. The van der Waals surface area contributed by atoms with Crippen LogP contribution < -0.4 is 10.0 Å². The van der Waals surface area contributed by atoms with Crippen LogP contribution in [0, 0.1) is 11.3 Å². The number of anilines is 2. The normalized spacial score (nSPS) is 10.8. The van der Waals surface area contributed by atoms with Gasteiger partial charge < -0.3 is 5.32 Å². The molecule has 0 radical (unpaired) electrons. The summed E-state index contributed by atoms with van der Waals surface area (Å²) in [5, 5.41) is 11.6. The number of rotatable bonds is 5. The van der Waals surface area contributed by atoms with E-state index in [1.54, 1.807) is 30.3 Å². The maximum Gasteiger partial charge on any atom is 0.261 e. The van der Waals surface area contributed by atoms with Gasteiger partial charge in [-0.1, -0.05) is 41.4 Å². The van der Waals surface area contributed by atoms with E-state index in [9.17, 15) is 13.2 Å². The van der Waals surface area contributed by atoms with Gasteiger partial charge in [-0.25, -0.2) is 8.42 Å². The van der Waals surface area contributed by atoms with Crippen LogP contribution in [0.15, 0.2) is 71.6 Å². The van der Waals surface area contributed by atoms with Crippen molar-refractivity contribution >= 4 is 50.5 Å². The second kappa shape index (κ2) is 8.53. The van der Waals surface area contributed by atoms with E-state index in [-0.39, 0.29) is 26.1 Å². The SMILES string of the molecule is N#Cc1cc(Cl)c(C(=O)Nc2ccc(S(=O)(=O)Nc3ccccc3)cc2)c(Cl)c1. The van der Waals surface area contributed by atoms with Gasteiger partial charge in [-0.3, -0.25) is 9.52 Å². The first-order valence-corrected chi connectivity index (χ1v) is 10.4. The lowest BCUT2D eigenvalue weighted by molar-refractivity contribution is 0.102. The Bertz CT molecular complexity index is 1180. The van der Waals surface area contributed by atoms with Crippen LogP contribution in [-0.2, 0) is 10.0 Å². The fraction of sp³-hybridized carbons (Fsp3) is 0. The molecule has 0 saturated heterocycles. The molecule has 0 aliphatic carbocycles. The average molecular weight is 446 g/mol. The maximum atomic E-state index is 12.5. The highest BCUT2D eigenvalue weighted by Crippen LogP contribution is 2.27. The van der Waals surface area contributed by atoms with Crippen molar-refractivity contribution in [3.05, 3.63) is 87.9 Å². The molecule has 146 valence electrons. The third-order valence-electron chi connectivity index (χ3n) is 3.85. The van der Waals surface area contributed by atoms with Gasteiger partial charge in [0.2, 0.25) is 0 Å². The zero-order chi connectivity index (χ0) is 21.0. The Morgan fingerprint density at radius 2 is 1.48 bits per heavy atom. The van der Waals surface area contributed by atoms with Crippen LogP contribution in [0.1, 0.15) is 15.9 Å². The van der Waals surface area contributed by atoms with Gasteiger partial charge in [-0.15, -0.1) is 0 Å². The molecule has 0 saturated carbocycles. The molecular weight excluding hydrogens is 433 g/mol. The number of hydrogen-bond donors (Lipinski definition) is 2. The Morgan fingerprint density at radius 3 is 2.03 bits per heavy atom. The number of amides is 1. The monoisotopic (exact) mass is 445 g/mol. The van der Waals surface area contributed by atoms with Crippen LogP contribution >= 0.6 is 23.2 Å². The van der Waals surface area contributed by atoms with Crippen LogP contribution in [0.5, 0.6) is 0 Å². The summed E-state index contributed by atoms with van der Waals surface area (Å²) in [5.41, 5.74) is 1.05. The molecule has 0 aromatic heterocycles. The molecule has 0 fully saturated rings. The highest BCUT2D eigenvalue weighted by molar-refractivity contribution is 7.92. The lowest BCUT2D eigenvalue weighted by atomic mass is 10.1. The predicted octanol–water partition coefficient (Wildman–Crippen LogP) is 4.92. The van der Waals surface area contributed by atoms with Crippen molar-refractivity contribution in [2.75, 3.05) is 10.0 Å². The van der Waals surface area contributed by atoms with E-state index in [1.165, 1.54) is 36.4 Å². The molecule has 3 rings (SSSR count). The summed E-state index contributed by atoms with van der Waals surface area (Å²) in [4.78, 5) is 12.5. The molecule has 3 aromatic rings. The predicted molar refractivity (Wildman–Crippen MR) is 113 cm³/mol. The first kappa shape index (κ1) is 20.7. The topological polar surface area (TPSA) is 99.1 Å². The van der Waals surface area contributed by atoms with E-state index in [0.717, 1.165) is 0 Å². The smallest absolute Gasteiger partial charge is 0.261 e. The van der Waals surface area contributed by atoms with E-state index in [1.807, 2.05) is 6.07 Å². The van der Waals surface area contributed by atoms with Crippen LogP contribution in [-0.4, -0.2) is 14.3 Å². The minimum atomic E-state index is -3.77. The number of sulfonamides is 1. The van der Waals surface area contributed by atoms with Gasteiger partial charge in [0.15, 0.2) is 0 Å². The molecule has 0 unspecified atom stereocenters. The number of para-hydroxylation sites is 1. The number of nitriles is 1. The molecule has 0 spiro atoms. The summed E-state index contributed by atoms with van der Waals surface area (Å²) in [6, 6.07) is 18.7. The fourth-order valence-corrected chi connectivity index (χ4v) is 4.20. The summed E-state index contributed by atoms with van der Waals surface area (Å²) in [6.45, 7) is 0. The summed E-state index contributed by atoms with van der Waals surface area (Å²) in [5.74, 6) is -0.581. The summed E-state index contributed by atoms with van der Waals surface area (Å²) in [6.07, 6.45) is 0. The van der Waals surface area contributed by atoms with Gasteiger partial charge in [0, 0.05) is 11.4 Å². The minimum absolute atomic E-state index is 0.0229. The Labute approximate surface area is 177 Å². The molecule has 9 heteroatoms. The molecule has 0 bridgehead atoms. The Morgan fingerprint density at radius 1 is 0.897 bits per heavy atom. The fourth-order valence-electron chi connectivity index (χ4n) is 2.49.